The Kier molecular flexibility index (Phi) is 6.20. The molecule has 152 valence electrons. The van der Waals surface area contributed by atoms with Gasteiger partial charge in [0.1, 0.15) is 10.5 Å². The number of rotatable bonds is 6. The lowest BCUT2D eigenvalue weighted by atomic mass is 10.1. The van der Waals surface area contributed by atoms with Gasteiger partial charge in [-0.15, -0.1) is 11.3 Å². The van der Waals surface area contributed by atoms with E-state index in [-0.39, 0.29) is 11.9 Å². The Hall–Kier alpha value is -2.32. The van der Waals surface area contributed by atoms with Crippen LogP contribution in [0.4, 0.5) is 5.00 Å². The number of ether oxygens (including phenoxy) is 1. The third-order valence-corrected chi connectivity index (χ3v) is 6.93. The Morgan fingerprint density at radius 1 is 1.24 bits per heavy atom. The lowest BCUT2D eigenvalue weighted by Gasteiger charge is -2.07. The van der Waals surface area contributed by atoms with Crippen molar-refractivity contribution in [1.82, 2.24) is 4.98 Å². The molecule has 0 saturated heterocycles. The summed E-state index contributed by atoms with van der Waals surface area (Å²) in [6, 6.07) is 7.57. The average molecular weight is 431 g/mol. The van der Waals surface area contributed by atoms with Crippen LogP contribution in [0.25, 0.3) is 11.1 Å². The highest BCUT2D eigenvalue weighted by atomic mass is 32.2. The van der Waals surface area contributed by atoms with Crippen molar-refractivity contribution in [1.29, 1.82) is 0 Å². The summed E-state index contributed by atoms with van der Waals surface area (Å²) >= 11 is 2.91. The van der Waals surface area contributed by atoms with Crippen molar-refractivity contribution in [3.63, 3.8) is 0 Å². The maximum absolute atomic E-state index is 12.5. The second kappa shape index (κ2) is 9.00. The summed E-state index contributed by atoms with van der Waals surface area (Å²) in [5.41, 5.74) is 3.13. The van der Waals surface area contributed by atoms with E-state index in [0.717, 1.165) is 48.8 Å². The first kappa shape index (κ1) is 20.0. The van der Waals surface area contributed by atoms with E-state index in [1.807, 2.05) is 24.3 Å². The highest BCUT2D eigenvalue weighted by Crippen LogP contribution is 2.38. The van der Waals surface area contributed by atoms with Crippen LogP contribution in [0.5, 0.6) is 0 Å². The molecule has 2 heterocycles. The number of carbonyl (C=O) groups excluding carboxylic acids is 2. The average Bonchev–Trinajstić information content (AvgIpc) is 3.20. The number of benzene rings is 1. The van der Waals surface area contributed by atoms with Gasteiger partial charge in [-0.25, -0.2) is 9.78 Å². The second-order valence-electron chi connectivity index (χ2n) is 6.85. The van der Waals surface area contributed by atoms with Gasteiger partial charge in [-0.3, -0.25) is 4.79 Å². The molecular formula is C21H22N2O4S2. The number of aromatic nitrogens is 1. The SMILES string of the molecule is COC(=O)c1c(NC(=O)CCSc2nc3ccccc3o2)sc2c1CCCCC2. The lowest BCUT2D eigenvalue weighted by Crippen LogP contribution is -2.15. The zero-order valence-corrected chi connectivity index (χ0v) is 17.8. The number of amides is 1. The standard InChI is InChI=1S/C21H22N2O4S2/c1-26-20(25)18-13-7-3-2-4-10-16(13)29-19(18)23-17(24)11-12-28-21-22-14-8-5-6-9-15(14)27-21/h5-6,8-9H,2-4,7,10-12H2,1H3,(H,23,24). The molecule has 3 aromatic rings. The van der Waals surface area contributed by atoms with Crippen LogP contribution < -0.4 is 5.32 Å². The molecule has 0 spiro atoms. The van der Waals surface area contributed by atoms with Crippen LogP contribution in [0.15, 0.2) is 33.9 Å². The Balaban J connectivity index is 1.40. The molecule has 8 heteroatoms. The highest BCUT2D eigenvalue weighted by molar-refractivity contribution is 7.99. The first-order chi connectivity index (χ1) is 14.2. The number of aryl methyl sites for hydroxylation is 1. The summed E-state index contributed by atoms with van der Waals surface area (Å²) in [4.78, 5) is 30.4. The summed E-state index contributed by atoms with van der Waals surface area (Å²) in [5, 5.41) is 4.10. The molecule has 29 heavy (non-hydrogen) atoms. The molecule has 1 N–H and O–H groups in total. The van der Waals surface area contributed by atoms with Gasteiger partial charge in [0.05, 0.1) is 12.7 Å². The summed E-state index contributed by atoms with van der Waals surface area (Å²) in [7, 11) is 1.38. The fourth-order valence-corrected chi connectivity index (χ4v) is 5.55. The number of para-hydroxylation sites is 2. The summed E-state index contributed by atoms with van der Waals surface area (Å²) in [6.45, 7) is 0. The molecule has 0 radical (unpaired) electrons. The molecule has 0 fully saturated rings. The number of esters is 1. The number of nitrogens with zero attached hydrogens (tertiary/aromatic N) is 1. The summed E-state index contributed by atoms with van der Waals surface area (Å²) < 4.78 is 10.6. The number of thioether (sulfide) groups is 1. The molecule has 6 nitrogen and oxygen atoms in total. The Morgan fingerprint density at radius 3 is 2.90 bits per heavy atom. The van der Waals surface area contributed by atoms with Gasteiger partial charge in [-0.1, -0.05) is 30.3 Å². The van der Waals surface area contributed by atoms with Crippen molar-refractivity contribution in [3.8, 4) is 0 Å². The molecule has 0 aliphatic heterocycles. The van der Waals surface area contributed by atoms with Crippen molar-refractivity contribution in [3.05, 3.63) is 40.3 Å². The topological polar surface area (TPSA) is 81.4 Å². The Morgan fingerprint density at radius 2 is 2.07 bits per heavy atom. The minimum atomic E-state index is -0.374. The first-order valence-corrected chi connectivity index (χ1v) is 11.5. The molecule has 0 saturated carbocycles. The number of hydrogen-bond acceptors (Lipinski definition) is 7. The molecule has 2 aromatic heterocycles. The molecule has 1 aromatic carbocycles. The van der Waals surface area contributed by atoms with Crippen LogP contribution in [0.2, 0.25) is 0 Å². The fraction of sp³-hybridized carbons (Fsp3) is 0.381. The van der Waals surface area contributed by atoms with Crippen molar-refractivity contribution >= 4 is 51.1 Å². The van der Waals surface area contributed by atoms with E-state index in [1.54, 1.807) is 0 Å². The van der Waals surface area contributed by atoms with Gasteiger partial charge >= 0.3 is 5.97 Å². The summed E-state index contributed by atoms with van der Waals surface area (Å²) in [5.74, 6) is 0.0350. The molecule has 0 unspecified atom stereocenters. The number of anilines is 1. The molecule has 4 rings (SSSR count). The van der Waals surface area contributed by atoms with Crippen molar-refractivity contribution in [2.45, 2.75) is 43.7 Å². The van der Waals surface area contributed by atoms with E-state index in [9.17, 15) is 9.59 Å². The monoisotopic (exact) mass is 430 g/mol. The van der Waals surface area contributed by atoms with Crippen LogP contribution in [0.1, 0.15) is 46.5 Å². The van der Waals surface area contributed by atoms with E-state index in [4.69, 9.17) is 9.15 Å². The minimum absolute atomic E-state index is 0.129. The highest BCUT2D eigenvalue weighted by Gasteiger charge is 2.26. The van der Waals surface area contributed by atoms with Gasteiger partial charge in [-0.2, -0.15) is 0 Å². The van der Waals surface area contributed by atoms with Crippen molar-refractivity contribution < 1.29 is 18.7 Å². The Bertz CT molecular complexity index is 1010. The number of nitrogens with one attached hydrogen (secondary N) is 1. The van der Waals surface area contributed by atoms with Crippen LogP contribution >= 0.6 is 23.1 Å². The van der Waals surface area contributed by atoms with E-state index in [0.29, 0.717) is 28.0 Å². The lowest BCUT2D eigenvalue weighted by molar-refractivity contribution is -0.115. The molecular weight excluding hydrogens is 408 g/mol. The van der Waals surface area contributed by atoms with Crippen LogP contribution in [-0.2, 0) is 22.4 Å². The van der Waals surface area contributed by atoms with E-state index in [1.165, 1.54) is 35.1 Å². The molecule has 1 aliphatic rings. The smallest absolute Gasteiger partial charge is 0.341 e. The van der Waals surface area contributed by atoms with E-state index < -0.39 is 0 Å². The van der Waals surface area contributed by atoms with Crippen LogP contribution in [0.3, 0.4) is 0 Å². The van der Waals surface area contributed by atoms with E-state index >= 15 is 0 Å². The summed E-state index contributed by atoms with van der Waals surface area (Å²) in [6.07, 6.45) is 5.45. The third kappa shape index (κ3) is 4.48. The minimum Gasteiger partial charge on any atom is -0.465 e. The van der Waals surface area contributed by atoms with Gasteiger partial charge in [0.2, 0.25) is 5.91 Å². The molecule has 1 amide bonds. The van der Waals surface area contributed by atoms with Crippen LogP contribution in [0, 0.1) is 0 Å². The zero-order valence-electron chi connectivity index (χ0n) is 16.2. The fourth-order valence-electron chi connectivity index (χ4n) is 3.48. The van der Waals surface area contributed by atoms with Gasteiger partial charge in [0.25, 0.3) is 5.22 Å². The predicted molar refractivity (Wildman–Crippen MR) is 115 cm³/mol. The van der Waals surface area contributed by atoms with Gasteiger partial charge < -0.3 is 14.5 Å². The maximum Gasteiger partial charge on any atom is 0.341 e. The van der Waals surface area contributed by atoms with Gasteiger partial charge in [-0.05, 0) is 43.4 Å². The second-order valence-corrected chi connectivity index (χ2v) is 9.01. The zero-order chi connectivity index (χ0) is 20.2. The number of fused-ring (bicyclic) bond motifs is 2. The number of carbonyl (C=O) groups is 2. The van der Waals surface area contributed by atoms with Gasteiger partial charge in [0, 0.05) is 17.1 Å². The molecule has 0 bridgehead atoms. The van der Waals surface area contributed by atoms with E-state index in [2.05, 4.69) is 10.3 Å². The number of methoxy groups -OCH3 is 1. The van der Waals surface area contributed by atoms with Crippen molar-refractivity contribution in [2.24, 2.45) is 0 Å². The molecule has 0 atom stereocenters. The molecule has 1 aliphatic carbocycles. The van der Waals surface area contributed by atoms with Gasteiger partial charge in [0.15, 0.2) is 5.58 Å². The largest absolute Gasteiger partial charge is 0.465 e. The Labute approximate surface area is 177 Å². The maximum atomic E-state index is 12.5. The quantitative estimate of drug-likeness (QED) is 0.334. The number of hydrogen-bond donors (Lipinski definition) is 1. The number of oxazole rings is 1. The number of thiophene rings is 1. The van der Waals surface area contributed by atoms with Crippen LogP contribution in [-0.4, -0.2) is 29.7 Å². The third-order valence-electron chi connectivity index (χ3n) is 4.89. The van der Waals surface area contributed by atoms with Crippen molar-refractivity contribution in [2.75, 3.05) is 18.2 Å². The first-order valence-electron chi connectivity index (χ1n) is 9.67. The normalized spacial score (nSPS) is 13.7. The predicted octanol–water partition coefficient (Wildman–Crippen LogP) is 5.07.